The summed E-state index contributed by atoms with van der Waals surface area (Å²) in [5.41, 5.74) is 13.1. The number of nitrogen functional groups attached to an aromatic ring is 1. The minimum atomic E-state index is -0.546. The van der Waals surface area contributed by atoms with Crippen LogP contribution in [0.4, 0.5) is 11.4 Å². The Morgan fingerprint density at radius 1 is 0.818 bits per heavy atom. The highest BCUT2D eigenvalue weighted by Gasteiger charge is 2.34. The van der Waals surface area contributed by atoms with E-state index < -0.39 is 6.29 Å². The summed E-state index contributed by atoms with van der Waals surface area (Å²) in [7, 11) is 0. The normalized spacial score (nSPS) is 18.6. The zero-order valence-electron chi connectivity index (χ0n) is 31.8. The fourth-order valence-corrected chi connectivity index (χ4v) is 7.69. The van der Waals surface area contributed by atoms with Gasteiger partial charge in [-0.05, 0) is 77.8 Å². The monoisotopic (exact) mass is 744 g/mol. The van der Waals surface area contributed by atoms with Gasteiger partial charge in [-0.2, -0.15) is 0 Å². The van der Waals surface area contributed by atoms with E-state index in [-0.39, 0.29) is 30.6 Å². The zero-order chi connectivity index (χ0) is 38.4. The number of benzene rings is 4. The molecule has 1 aliphatic heterocycles. The first-order valence-corrected chi connectivity index (χ1v) is 19.8. The van der Waals surface area contributed by atoms with E-state index in [1.807, 2.05) is 48.5 Å². The molecule has 1 saturated carbocycles. The third kappa shape index (κ3) is 11.6. The summed E-state index contributed by atoms with van der Waals surface area (Å²) in [6, 6.07) is 32.4. The Bertz CT molecular complexity index is 1860. The van der Waals surface area contributed by atoms with E-state index in [1.165, 1.54) is 25.7 Å². The minimum absolute atomic E-state index is 0.00444. The molecule has 290 valence electrons. The maximum atomic E-state index is 12.7. The Balaban J connectivity index is 1.04. The third-order valence-corrected chi connectivity index (χ3v) is 10.7. The SMILES string of the molecule is C=CCN(C[C@H]1C[C@@H](c2ccc(CO)cc2)O[C@@H](c2cccc(-c3cccc(CNC(=O)CCCCCC(=O)Nc4ccccc4N)c3)c2)O1)C1CCCC1. The molecule has 1 saturated heterocycles. The molecular formula is C46H56N4O5. The number of anilines is 2. The lowest BCUT2D eigenvalue weighted by molar-refractivity contribution is -0.253. The van der Waals surface area contributed by atoms with Crippen molar-refractivity contribution in [1.82, 2.24) is 10.2 Å². The van der Waals surface area contributed by atoms with Gasteiger partial charge in [0.05, 0.1) is 30.2 Å². The smallest absolute Gasteiger partial charge is 0.224 e. The highest BCUT2D eigenvalue weighted by molar-refractivity contribution is 5.93. The summed E-state index contributed by atoms with van der Waals surface area (Å²) in [5.74, 6) is -0.0783. The Morgan fingerprint density at radius 2 is 1.55 bits per heavy atom. The molecule has 9 heteroatoms. The van der Waals surface area contributed by atoms with Gasteiger partial charge in [0.25, 0.3) is 0 Å². The number of carbonyl (C=O) groups is 2. The number of hydrogen-bond donors (Lipinski definition) is 4. The van der Waals surface area contributed by atoms with Crippen molar-refractivity contribution in [2.45, 2.75) is 102 Å². The van der Waals surface area contributed by atoms with Gasteiger partial charge >= 0.3 is 0 Å². The van der Waals surface area contributed by atoms with Gasteiger partial charge in [-0.25, -0.2) is 0 Å². The minimum Gasteiger partial charge on any atom is -0.397 e. The van der Waals surface area contributed by atoms with Crippen molar-refractivity contribution >= 4 is 23.2 Å². The van der Waals surface area contributed by atoms with Crippen LogP contribution in [0.5, 0.6) is 0 Å². The van der Waals surface area contributed by atoms with Crippen LogP contribution >= 0.6 is 0 Å². The van der Waals surface area contributed by atoms with Gasteiger partial charge in [-0.3, -0.25) is 14.5 Å². The van der Waals surface area contributed by atoms with Gasteiger partial charge in [-0.1, -0.05) is 98.1 Å². The highest BCUT2D eigenvalue weighted by Crippen LogP contribution is 2.39. The van der Waals surface area contributed by atoms with Crippen LogP contribution in [0.25, 0.3) is 11.1 Å². The van der Waals surface area contributed by atoms with Crippen molar-refractivity contribution in [2.75, 3.05) is 24.1 Å². The van der Waals surface area contributed by atoms with Crippen molar-refractivity contribution < 1.29 is 24.2 Å². The quantitative estimate of drug-likeness (QED) is 0.0457. The Labute approximate surface area is 325 Å². The summed E-state index contributed by atoms with van der Waals surface area (Å²) < 4.78 is 13.5. The van der Waals surface area contributed by atoms with Crippen LogP contribution in [-0.4, -0.2) is 47.1 Å². The number of carbonyl (C=O) groups excluding carboxylic acids is 2. The van der Waals surface area contributed by atoms with Crippen LogP contribution in [0.15, 0.2) is 110 Å². The van der Waals surface area contributed by atoms with Gasteiger partial charge in [0.1, 0.15) is 0 Å². The Morgan fingerprint density at radius 3 is 2.29 bits per heavy atom. The van der Waals surface area contributed by atoms with Crippen LogP contribution in [-0.2, 0) is 32.2 Å². The predicted molar refractivity (Wildman–Crippen MR) is 219 cm³/mol. The molecule has 1 heterocycles. The number of ether oxygens (including phenoxy) is 2. The largest absolute Gasteiger partial charge is 0.397 e. The number of nitrogens with zero attached hydrogens (tertiary/aromatic N) is 1. The molecule has 2 fully saturated rings. The molecule has 55 heavy (non-hydrogen) atoms. The molecule has 5 N–H and O–H groups in total. The summed E-state index contributed by atoms with van der Waals surface area (Å²) >= 11 is 0. The number of rotatable bonds is 18. The van der Waals surface area contributed by atoms with E-state index in [9.17, 15) is 14.7 Å². The van der Waals surface area contributed by atoms with Gasteiger partial charge < -0.3 is 30.9 Å². The van der Waals surface area contributed by atoms with Crippen molar-refractivity contribution in [3.63, 3.8) is 0 Å². The highest BCUT2D eigenvalue weighted by atomic mass is 16.7. The second-order valence-corrected chi connectivity index (χ2v) is 14.8. The maximum absolute atomic E-state index is 12.7. The van der Waals surface area contributed by atoms with Crippen molar-refractivity contribution in [3.8, 4) is 11.1 Å². The number of nitrogens with one attached hydrogen (secondary N) is 2. The Hall–Kier alpha value is -4.80. The molecule has 2 aliphatic rings. The molecule has 2 amide bonds. The van der Waals surface area contributed by atoms with E-state index >= 15 is 0 Å². The third-order valence-electron chi connectivity index (χ3n) is 10.7. The number of nitrogens with two attached hydrogens (primary N) is 1. The summed E-state index contributed by atoms with van der Waals surface area (Å²) in [6.07, 6.45) is 9.98. The van der Waals surface area contributed by atoms with Crippen molar-refractivity contribution in [2.24, 2.45) is 0 Å². The summed E-state index contributed by atoms with van der Waals surface area (Å²) in [5, 5.41) is 15.5. The number of hydrogen-bond acceptors (Lipinski definition) is 7. The molecule has 4 aromatic carbocycles. The first-order chi connectivity index (χ1) is 26.9. The molecule has 6 rings (SSSR count). The molecule has 0 spiro atoms. The van der Waals surface area contributed by atoms with E-state index in [0.29, 0.717) is 49.6 Å². The lowest BCUT2D eigenvalue weighted by atomic mass is 9.98. The molecular weight excluding hydrogens is 689 g/mol. The first kappa shape index (κ1) is 39.9. The molecule has 3 atom stereocenters. The standard InChI is InChI=1S/C46H56N4O5/c1-2-26-50(39-16-6-7-17-39)31-40-29-43(35-24-22-33(32-51)23-25-35)55-46(54-40)38-15-11-14-37(28-38)36-13-10-12-34(27-36)30-48-44(52)20-4-3-5-21-45(53)49-42-19-9-8-18-41(42)47/h2,8-15,18-19,22-25,27-28,39-40,43,46,51H,1,3-7,16-17,20-21,26,29-32,47H2,(H,48,52)(H,49,53)/t40-,43+,46+/m1/s1. The molecule has 1 aliphatic carbocycles. The van der Waals surface area contributed by atoms with E-state index in [4.69, 9.17) is 15.2 Å². The van der Waals surface area contributed by atoms with Crippen LogP contribution in [0.1, 0.15) is 98.9 Å². The number of amides is 2. The van der Waals surface area contributed by atoms with E-state index in [1.54, 1.807) is 12.1 Å². The number of para-hydroxylation sites is 2. The molecule has 0 aromatic heterocycles. The second-order valence-electron chi connectivity index (χ2n) is 14.8. The lowest BCUT2D eigenvalue weighted by Gasteiger charge is -2.39. The van der Waals surface area contributed by atoms with Crippen molar-refractivity contribution in [1.29, 1.82) is 0 Å². The van der Waals surface area contributed by atoms with Gasteiger partial charge in [0, 0.05) is 50.5 Å². The number of aliphatic hydroxyl groups is 1. The fourth-order valence-electron chi connectivity index (χ4n) is 7.69. The van der Waals surface area contributed by atoms with Crippen LogP contribution in [0.3, 0.4) is 0 Å². The first-order valence-electron chi connectivity index (χ1n) is 19.8. The van der Waals surface area contributed by atoms with E-state index in [0.717, 1.165) is 59.3 Å². The molecule has 4 aromatic rings. The molecule has 0 unspecified atom stereocenters. The van der Waals surface area contributed by atoms with Crippen molar-refractivity contribution in [3.05, 3.63) is 132 Å². The van der Waals surface area contributed by atoms with Gasteiger partial charge in [-0.15, -0.1) is 6.58 Å². The second kappa shape index (κ2) is 20.2. The summed E-state index contributed by atoms with van der Waals surface area (Å²) in [6.45, 7) is 6.14. The average molecular weight is 745 g/mol. The molecule has 9 nitrogen and oxygen atoms in total. The van der Waals surface area contributed by atoms with Crippen LogP contribution < -0.4 is 16.4 Å². The van der Waals surface area contributed by atoms with Crippen LogP contribution in [0.2, 0.25) is 0 Å². The Kier molecular flexibility index (Phi) is 14.7. The number of aliphatic hydroxyl groups excluding tert-OH is 1. The number of unbranched alkanes of at least 4 members (excludes halogenated alkanes) is 2. The van der Waals surface area contributed by atoms with E-state index in [2.05, 4.69) is 64.6 Å². The lowest BCUT2D eigenvalue weighted by Crippen LogP contribution is -2.43. The zero-order valence-corrected chi connectivity index (χ0v) is 31.8. The molecule has 0 radical (unpaired) electrons. The topological polar surface area (TPSA) is 126 Å². The van der Waals surface area contributed by atoms with Gasteiger partial charge in [0.2, 0.25) is 11.8 Å². The maximum Gasteiger partial charge on any atom is 0.224 e. The van der Waals surface area contributed by atoms with Gasteiger partial charge in [0.15, 0.2) is 6.29 Å². The molecule has 0 bridgehead atoms. The fraction of sp³-hybridized carbons (Fsp3) is 0.391. The average Bonchev–Trinajstić information content (AvgIpc) is 3.76. The summed E-state index contributed by atoms with van der Waals surface area (Å²) in [4.78, 5) is 27.5. The van der Waals surface area contributed by atoms with Crippen LogP contribution in [0, 0.1) is 0 Å². The predicted octanol–water partition coefficient (Wildman–Crippen LogP) is 8.61.